The molecule has 18 heavy (non-hydrogen) atoms. The van der Waals surface area contributed by atoms with Gasteiger partial charge in [0.2, 0.25) is 0 Å². The highest BCUT2D eigenvalue weighted by atomic mass is 16.6. The van der Waals surface area contributed by atoms with Crippen LogP contribution in [0, 0.1) is 0 Å². The van der Waals surface area contributed by atoms with E-state index in [0.717, 1.165) is 5.39 Å². The van der Waals surface area contributed by atoms with Crippen molar-refractivity contribution in [2.75, 3.05) is 19.1 Å². The van der Waals surface area contributed by atoms with E-state index in [1.54, 1.807) is 12.1 Å². The molecule has 1 heterocycles. The van der Waals surface area contributed by atoms with Crippen LogP contribution in [-0.2, 0) is 9.53 Å². The van der Waals surface area contributed by atoms with Gasteiger partial charge in [0.05, 0.1) is 7.11 Å². The molecule has 0 spiro atoms. The summed E-state index contributed by atoms with van der Waals surface area (Å²) in [7, 11) is 1.31. The molecule has 6 nitrogen and oxygen atoms in total. The van der Waals surface area contributed by atoms with E-state index in [-0.39, 0.29) is 6.61 Å². The first-order valence-corrected chi connectivity index (χ1v) is 5.30. The van der Waals surface area contributed by atoms with Crippen LogP contribution >= 0.6 is 0 Å². The molecule has 0 atom stereocenters. The zero-order valence-corrected chi connectivity index (χ0v) is 9.84. The number of aromatic nitrogens is 1. The number of carbonyl (C=O) groups excluding carboxylic acids is 1. The Kier molecular flexibility index (Phi) is 3.59. The lowest BCUT2D eigenvalue weighted by Gasteiger charge is -2.08. The quantitative estimate of drug-likeness (QED) is 0.477. The van der Waals surface area contributed by atoms with E-state index in [4.69, 9.17) is 10.6 Å². The van der Waals surface area contributed by atoms with Crippen molar-refractivity contribution < 1.29 is 14.3 Å². The van der Waals surface area contributed by atoms with Crippen molar-refractivity contribution >= 4 is 22.7 Å². The molecule has 0 aliphatic heterocycles. The van der Waals surface area contributed by atoms with Crippen LogP contribution in [0.15, 0.2) is 30.3 Å². The Bertz CT molecular complexity index is 571. The maximum atomic E-state index is 11.0. The molecule has 2 aromatic rings. The zero-order valence-electron chi connectivity index (χ0n) is 9.84. The summed E-state index contributed by atoms with van der Waals surface area (Å²) in [5.41, 5.74) is 3.10. The van der Waals surface area contributed by atoms with Crippen molar-refractivity contribution in [3.05, 3.63) is 30.3 Å². The van der Waals surface area contributed by atoms with Crippen molar-refractivity contribution in [3.63, 3.8) is 0 Å². The molecule has 0 radical (unpaired) electrons. The number of nitrogens with zero attached hydrogens (tertiary/aromatic N) is 1. The van der Waals surface area contributed by atoms with Crippen molar-refractivity contribution in [3.8, 4) is 5.75 Å². The minimum absolute atomic E-state index is 0.155. The van der Waals surface area contributed by atoms with E-state index in [9.17, 15) is 4.79 Å². The number of nitrogen functional groups attached to an aromatic ring is 1. The smallest absolute Gasteiger partial charge is 0.343 e. The van der Waals surface area contributed by atoms with E-state index < -0.39 is 5.97 Å². The number of benzene rings is 1. The molecule has 0 aliphatic carbocycles. The van der Waals surface area contributed by atoms with Crippen LogP contribution < -0.4 is 16.0 Å². The number of hydrogen-bond acceptors (Lipinski definition) is 6. The lowest BCUT2D eigenvalue weighted by atomic mass is 10.2. The third-order valence-corrected chi connectivity index (χ3v) is 2.40. The number of anilines is 1. The fourth-order valence-electron chi connectivity index (χ4n) is 1.51. The fraction of sp³-hybridized carbons (Fsp3) is 0.167. The highest BCUT2D eigenvalue weighted by molar-refractivity contribution is 5.86. The number of methoxy groups -OCH3 is 1. The molecule has 1 aromatic heterocycles. The Balaban J connectivity index is 2.34. The average molecular weight is 247 g/mol. The third-order valence-electron chi connectivity index (χ3n) is 2.40. The second-order valence-electron chi connectivity index (χ2n) is 3.53. The van der Waals surface area contributed by atoms with E-state index in [0.29, 0.717) is 17.1 Å². The largest absolute Gasteiger partial charge is 0.480 e. The van der Waals surface area contributed by atoms with E-state index >= 15 is 0 Å². The van der Waals surface area contributed by atoms with Crippen LogP contribution in [0.5, 0.6) is 5.75 Å². The number of ether oxygens (including phenoxy) is 2. The van der Waals surface area contributed by atoms with Crippen LogP contribution in [0.3, 0.4) is 0 Å². The van der Waals surface area contributed by atoms with Crippen LogP contribution in [0.2, 0.25) is 0 Å². The molecule has 0 amide bonds. The SMILES string of the molecule is COC(=O)COc1cccc2ccc(NN)nc12. The van der Waals surface area contributed by atoms with Crippen molar-refractivity contribution in [2.24, 2.45) is 5.84 Å². The topological polar surface area (TPSA) is 86.5 Å². The Labute approximate surface area is 104 Å². The Morgan fingerprint density at radius 1 is 1.39 bits per heavy atom. The first-order chi connectivity index (χ1) is 8.74. The maximum Gasteiger partial charge on any atom is 0.343 e. The fourth-order valence-corrected chi connectivity index (χ4v) is 1.51. The summed E-state index contributed by atoms with van der Waals surface area (Å²) in [5, 5.41) is 0.899. The minimum Gasteiger partial charge on any atom is -0.480 e. The summed E-state index contributed by atoms with van der Waals surface area (Å²) >= 11 is 0. The number of hydrazine groups is 1. The molecular weight excluding hydrogens is 234 g/mol. The van der Waals surface area contributed by atoms with Crippen LogP contribution in [-0.4, -0.2) is 24.7 Å². The molecule has 3 N–H and O–H groups in total. The average Bonchev–Trinajstić information content (AvgIpc) is 2.43. The highest BCUT2D eigenvalue weighted by Gasteiger charge is 2.07. The van der Waals surface area contributed by atoms with Gasteiger partial charge in [-0.25, -0.2) is 15.6 Å². The van der Waals surface area contributed by atoms with Crippen molar-refractivity contribution in [2.45, 2.75) is 0 Å². The molecule has 0 aliphatic rings. The van der Waals surface area contributed by atoms with Gasteiger partial charge in [0.15, 0.2) is 6.61 Å². The number of hydrogen-bond donors (Lipinski definition) is 2. The van der Waals surface area contributed by atoms with Gasteiger partial charge in [-0.3, -0.25) is 0 Å². The molecule has 0 unspecified atom stereocenters. The van der Waals surface area contributed by atoms with Gasteiger partial charge in [0, 0.05) is 5.39 Å². The second kappa shape index (κ2) is 5.33. The predicted molar refractivity (Wildman–Crippen MR) is 67.1 cm³/mol. The molecule has 0 saturated heterocycles. The Morgan fingerprint density at radius 3 is 2.94 bits per heavy atom. The number of nitrogens with one attached hydrogen (secondary N) is 1. The van der Waals surface area contributed by atoms with Gasteiger partial charge in [-0.05, 0) is 18.2 Å². The van der Waals surface area contributed by atoms with Gasteiger partial charge in [-0.15, -0.1) is 0 Å². The molecule has 0 fully saturated rings. The predicted octanol–water partition coefficient (Wildman–Crippen LogP) is 1.07. The summed E-state index contributed by atoms with van der Waals surface area (Å²) in [5.74, 6) is 5.90. The van der Waals surface area contributed by atoms with Crippen LogP contribution in [0.4, 0.5) is 5.82 Å². The summed E-state index contributed by atoms with van der Waals surface area (Å²) in [6.45, 7) is -0.155. The number of fused-ring (bicyclic) bond motifs is 1. The van der Waals surface area contributed by atoms with Crippen molar-refractivity contribution in [1.29, 1.82) is 0 Å². The number of esters is 1. The summed E-state index contributed by atoms with van der Waals surface area (Å²) in [6.07, 6.45) is 0. The number of para-hydroxylation sites is 1. The standard InChI is InChI=1S/C12H13N3O3/c1-17-11(16)7-18-9-4-2-3-8-5-6-10(15-13)14-12(8)9/h2-6H,7,13H2,1H3,(H,14,15). The number of pyridine rings is 1. The van der Waals surface area contributed by atoms with Gasteiger partial charge in [0.1, 0.15) is 17.1 Å². The summed E-state index contributed by atoms with van der Waals surface area (Å²) in [6, 6.07) is 9.08. The number of nitrogens with two attached hydrogens (primary N) is 1. The first-order valence-electron chi connectivity index (χ1n) is 5.30. The van der Waals surface area contributed by atoms with Gasteiger partial charge >= 0.3 is 5.97 Å². The molecule has 0 saturated carbocycles. The zero-order chi connectivity index (χ0) is 13.0. The minimum atomic E-state index is -0.444. The summed E-state index contributed by atoms with van der Waals surface area (Å²) < 4.78 is 9.88. The lowest BCUT2D eigenvalue weighted by Crippen LogP contribution is -2.13. The lowest BCUT2D eigenvalue weighted by molar-refractivity contribution is -0.142. The van der Waals surface area contributed by atoms with Crippen LogP contribution in [0.25, 0.3) is 10.9 Å². The molecule has 94 valence electrons. The highest BCUT2D eigenvalue weighted by Crippen LogP contribution is 2.24. The van der Waals surface area contributed by atoms with Gasteiger partial charge < -0.3 is 14.9 Å². The molecule has 6 heteroatoms. The van der Waals surface area contributed by atoms with E-state index in [2.05, 4.69) is 15.1 Å². The Morgan fingerprint density at radius 2 is 2.22 bits per heavy atom. The third kappa shape index (κ3) is 2.49. The molecule has 2 rings (SSSR count). The van der Waals surface area contributed by atoms with E-state index in [1.165, 1.54) is 7.11 Å². The first kappa shape index (κ1) is 12.1. The van der Waals surface area contributed by atoms with E-state index in [1.807, 2.05) is 18.2 Å². The number of rotatable bonds is 4. The molecule has 1 aromatic carbocycles. The maximum absolute atomic E-state index is 11.0. The van der Waals surface area contributed by atoms with Crippen molar-refractivity contribution in [1.82, 2.24) is 4.98 Å². The Hall–Kier alpha value is -2.34. The van der Waals surface area contributed by atoms with Gasteiger partial charge in [-0.2, -0.15) is 0 Å². The second-order valence-corrected chi connectivity index (χ2v) is 3.53. The molecule has 0 bridgehead atoms. The van der Waals surface area contributed by atoms with Crippen LogP contribution in [0.1, 0.15) is 0 Å². The van der Waals surface area contributed by atoms with Gasteiger partial charge in [-0.1, -0.05) is 12.1 Å². The van der Waals surface area contributed by atoms with Gasteiger partial charge in [0.25, 0.3) is 0 Å². The normalized spacial score (nSPS) is 10.1. The number of carbonyl (C=O) groups is 1. The summed E-state index contributed by atoms with van der Waals surface area (Å²) in [4.78, 5) is 15.3. The molecular formula is C12H13N3O3. The monoisotopic (exact) mass is 247 g/mol.